The maximum Gasteiger partial charge on any atom is 0.159 e. The minimum Gasteiger partial charge on any atom is -0.453 e. The first-order valence-corrected chi connectivity index (χ1v) is 12.5. The molecule has 3 nitrogen and oxygen atoms in total. The number of benzene rings is 5. The predicted molar refractivity (Wildman–Crippen MR) is 147 cm³/mol. The molecule has 8 rings (SSSR count). The molecule has 35 heavy (non-hydrogen) atoms. The summed E-state index contributed by atoms with van der Waals surface area (Å²) in [4.78, 5) is 4.91. The first kappa shape index (κ1) is 19.0. The Morgan fingerprint density at radius 2 is 1.20 bits per heavy atom. The summed E-state index contributed by atoms with van der Waals surface area (Å²) in [6.45, 7) is 0. The van der Waals surface area contributed by atoms with Crippen LogP contribution in [0.3, 0.4) is 0 Å². The molecule has 0 radical (unpaired) electrons. The van der Waals surface area contributed by atoms with Crippen LogP contribution < -0.4 is 0 Å². The van der Waals surface area contributed by atoms with E-state index in [1.807, 2.05) is 6.07 Å². The van der Waals surface area contributed by atoms with Crippen molar-refractivity contribution in [1.29, 1.82) is 0 Å². The summed E-state index contributed by atoms with van der Waals surface area (Å²) >= 11 is 1.70. The van der Waals surface area contributed by atoms with Crippen LogP contribution in [0.2, 0.25) is 0 Å². The van der Waals surface area contributed by atoms with E-state index in [0.717, 1.165) is 43.7 Å². The van der Waals surface area contributed by atoms with E-state index in [9.17, 15) is 0 Å². The summed E-state index contributed by atoms with van der Waals surface area (Å²) in [5, 5.41) is 5.69. The third-order valence-corrected chi connectivity index (χ3v) is 7.92. The smallest absolute Gasteiger partial charge is 0.159 e. The molecule has 5 aromatic carbocycles. The van der Waals surface area contributed by atoms with Gasteiger partial charge in [0.2, 0.25) is 0 Å². The molecule has 0 aliphatic carbocycles. The number of hydrogen-bond acceptors (Lipinski definition) is 3. The SMILES string of the molecule is c1ccc2sc(-c3cccc4c3oc3c(-n5c6ccccc6c6ccccc65)cccc34)nc2c1. The number of aromatic nitrogens is 2. The van der Waals surface area contributed by atoms with Crippen LogP contribution in [-0.4, -0.2) is 9.55 Å². The Kier molecular flexibility index (Phi) is 3.82. The maximum atomic E-state index is 6.73. The van der Waals surface area contributed by atoms with Crippen LogP contribution >= 0.6 is 11.3 Å². The first-order chi connectivity index (χ1) is 17.4. The molecule has 0 spiro atoms. The molecule has 164 valence electrons. The van der Waals surface area contributed by atoms with Crippen molar-refractivity contribution in [3.63, 3.8) is 0 Å². The molecule has 0 saturated carbocycles. The van der Waals surface area contributed by atoms with Gasteiger partial charge >= 0.3 is 0 Å². The number of furan rings is 1. The summed E-state index contributed by atoms with van der Waals surface area (Å²) in [6.07, 6.45) is 0. The Morgan fingerprint density at radius 1 is 0.571 bits per heavy atom. The van der Waals surface area contributed by atoms with Gasteiger partial charge in [-0.15, -0.1) is 11.3 Å². The monoisotopic (exact) mass is 466 g/mol. The van der Waals surface area contributed by atoms with E-state index < -0.39 is 0 Å². The Labute approximate surface area is 204 Å². The fraction of sp³-hybridized carbons (Fsp3) is 0. The third kappa shape index (κ3) is 2.63. The number of nitrogens with zero attached hydrogens (tertiary/aromatic N) is 2. The molecule has 0 unspecified atom stereocenters. The maximum absolute atomic E-state index is 6.73. The number of fused-ring (bicyclic) bond motifs is 7. The Balaban J connectivity index is 1.46. The average molecular weight is 467 g/mol. The fourth-order valence-electron chi connectivity index (χ4n) is 5.32. The van der Waals surface area contributed by atoms with Gasteiger partial charge in [0.05, 0.1) is 32.5 Å². The minimum absolute atomic E-state index is 0.884. The van der Waals surface area contributed by atoms with Crippen molar-refractivity contribution >= 4 is 65.3 Å². The first-order valence-electron chi connectivity index (χ1n) is 11.7. The molecule has 0 fully saturated rings. The Morgan fingerprint density at radius 3 is 1.97 bits per heavy atom. The molecule has 0 aliphatic rings. The molecule has 4 heteroatoms. The van der Waals surface area contributed by atoms with Crippen LogP contribution in [-0.2, 0) is 0 Å². The zero-order valence-electron chi connectivity index (χ0n) is 18.6. The van der Waals surface area contributed by atoms with E-state index in [-0.39, 0.29) is 0 Å². The van der Waals surface area contributed by atoms with Crippen LogP contribution in [0.5, 0.6) is 0 Å². The second-order valence-electron chi connectivity index (χ2n) is 8.79. The van der Waals surface area contributed by atoms with Gasteiger partial charge in [0.1, 0.15) is 10.6 Å². The van der Waals surface area contributed by atoms with Gasteiger partial charge in [0.15, 0.2) is 5.58 Å². The second kappa shape index (κ2) is 7.05. The van der Waals surface area contributed by atoms with Crippen molar-refractivity contribution < 1.29 is 4.42 Å². The predicted octanol–water partition coefficient (Wildman–Crippen LogP) is 8.96. The standard InChI is InChI=1S/C31H18N2OS/c1-4-15-25-19(9-1)20-10-2-5-16-26(20)33(25)27-17-8-12-22-21-11-7-13-23(29(21)34-30(22)27)31-32-24-14-3-6-18-28(24)35-31/h1-18H. The summed E-state index contributed by atoms with van der Waals surface area (Å²) in [7, 11) is 0. The molecule has 0 atom stereocenters. The van der Waals surface area contributed by atoms with Crippen molar-refractivity contribution in [2.75, 3.05) is 0 Å². The molecule has 3 heterocycles. The summed E-state index contributed by atoms with van der Waals surface area (Å²) in [6, 6.07) is 38.2. The molecule has 0 N–H and O–H groups in total. The molecule has 0 saturated heterocycles. The highest BCUT2D eigenvalue weighted by Gasteiger charge is 2.19. The number of para-hydroxylation sites is 5. The van der Waals surface area contributed by atoms with Crippen LogP contribution in [0, 0.1) is 0 Å². The van der Waals surface area contributed by atoms with Gasteiger partial charge < -0.3 is 8.98 Å². The van der Waals surface area contributed by atoms with E-state index in [4.69, 9.17) is 9.40 Å². The highest BCUT2D eigenvalue weighted by molar-refractivity contribution is 7.21. The topological polar surface area (TPSA) is 31.0 Å². The number of rotatable bonds is 2. The van der Waals surface area contributed by atoms with Crippen LogP contribution in [0.15, 0.2) is 114 Å². The van der Waals surface area contributed by atoms with E-state index in [2.05, 4.69) is 108 Å². The van der Waals surface area contributed by atoms with E-state index in [1.165, 1.54) is 26.5 Å². The lowest BCUT2D eigenvalue weighted by Crippen LogP contribution is -1.93. The van der Waals surface area contributed by atoms with Crippen molar-refractivity contribution in [1.82, 2.24) is 9.55 Å². The van der Waals surface area contributed by atoms with Gasteiger partial charge in [-0.3, -0.25) is 0 Å². The van der Waals surface area contributed by atoms with E-state index in [0.29, 0.717) is 0 Å². The summed E-state index contributed by atoms with van der Waals surface area (Å²) in [5.41, 5.74) is 7.23. The molecular weight excluding hydrogens is 448 g/mol. The average Bonchev–Trinajstić information content (AvgIpc) is 3.60. The minimum atomic E-state index is 0.884. The molecule has 0 amide bonds. The lowest BCUT2D eigenvalue weighted by Gasteiger charge is -2.08. The molecule has 3 aromatic heterocycles. The highest BCUT2D eigenvalue weighted by Crippen LogP contribution is 2.41. The fourth-order valence-corrected chi connectivity index (χ4v) is 6.31. The third-order valence-electron chi connectivity index (χ3n) is 6.85. The van der Waals surface area contributed by atoms with Crippen molar-refractivity contribution in [3.05, 3.63) is 109 Å². The number of thiazole rings is 1. The molecule has 0 aliphatic heterocycles. The zero-order chi connectivity index (χ0) is 22.9. The lowest BCUT2D eigenvalue weighted by atomic mass is 10.1. The molecule has 0 bridgehead atoms. The van der Waals surface area contributed by atoms with Gasteiger partial charge in [-0.2, -0.15) is 0 Å². The van der Waals surface area contributed by atoms with Crippen molar-refractivity contribution in [3.8, 4) is 16.3 Å². The van der Waals surface area contributed by atoms with E-state index in [1.54, 1.807) is 11.3 Å². The Bertz CT molecular complexity index is 1990. The Hall–Kier alpha value is -4.41. The van der Waals surface area contributed by atoms with Crippen LogP contribution in [0.25, 0.3) is 70.2 Å². The quantitative estimate of drug-likeness (QED) is 0.255. The summed E-state index contributed by atoms with van der Waals surface area (Å²) < 4.78 is 10.2. The van der Waals surface area contributed by atoms with Crippen molar-refractivity contribution in [2.45, 2.75) is 0 Å². The van der Waals surface area contributed by atoms with Crippen LogP contribution in [0.4, 0.5) is 0 Å². The van der Waals surface area contributed by atoms with Crippen molar-refractivity contribution in [2.24, 2.45) is 0 Å². The molecular formula is C31H18N2OS. The summed E-state index contributed by atoms with van der Waals surface area (Å²) in [5.74, 6) is 0. The van der Waals surface area contributed by atoms with Gasteiger partial charge in [0, 0.05) is 21.5 Å². The van der Waals surface area contributed by atoms with Gasteiger partial charge in [-0.25, -0.2) is 4.98 Å². The van der Waals surface area contributed by atoms with Gasteiger partial charge in [-0.1, -0.05) is 72.8 Å². The highest BCUT2D eigenvalue weighted by atomic mass is 32.1. The second-order valence-corrected chi connectivity index (χ2v) is 9.83. The lowest BCUT2D eigenvalue weighted by molar-refractivity contribution is 0.667. The molecule has 8 aromatic rings. The van der Waals surface area contributed by atoms with Gasteiger partial charge in [-0.05, 0) is 36.4 Å². The largest absolute Gasteiger partial charge is 0.453 e. The van der Waals surface area contributed by atoms with Gasteiger partial charge in [0.25, 0.3) is 0 Å². The number of hydrogen-bond donors (Lipinski definition) is 0. The zero-order valence-corrected chi connectivity index (χ0v) is 19.4. The normalized spacial score (nSPS) is 12.0. The van der Waals surface area contributed by atoms with Crippen LogP contribution in [0.1, 0.15) is 0 Å². The van der Waals surface area contributed by atoms with E-state index >= 15 is 0 Å².